The minimum absolute atomic E-state index is 0.00597. The van der Waals surface area contributed by atoms with Crippen LogP contribution in [0.4, 0.5) is 0 Å². The number of nitrogens with two attached hydrogens (primary N) is 1. The van der Waals surface area contributed by atoms with Crippen LogP contribution in [0.15, 0.2) is 47.4 Å². The molecule has 3 N–H and O–H groups in total. The van der Waals surface area contributed by atoms with Crippen LogP contribution in [-0.4, -0.2) is 53.1 Å². The van der Waals surface area contributed by atoms with Gasteiger partial charge in [-0.2, -0.15) is 4.31 Å². The Balaban J connectivity index is 1.67. The Morgan fingerprint density at radius 1 is 1.13 bits per heavy atom. The lowest BCUT2D eigenvalue weighted by atomic mass is 9.91. The molecule has 2 aromatic carbocycles. The number of hydrogen-bond acceptors (Lipinski definition) is 5. The van der Waals surface area contributed by atoms with Crippen LogP contribution in [0.2, 0.25) is 0 Å². The fraction of sp³-hybridized carbons (Fsp3) is 0.517. The van der Waals surface area contributed by atoms with Crippen molar-refractivity contribution in [3.63, 3.8) is 0 Å². The van der Waals surface area contributed by atoms with E-state index in [4.69, 9.17) is 5.73 Å². The number of nitrogens with one attached hydrogen (secondary N) is 1. The maximum absolute atomic E-state index is 14.1. The highest BCUT2D eigenvalue weighted by molar-refractivity contribution is 7.89. The normalized spacial score (nSPS) is 21.9. The van der Waals surface area contributed by atoms with Crippen molar-refractivity contribution in [1.29, 1.82) is 0 Å². The number of sulfonamides is 1. The Morgan fingerprint density at radius 3 is 2.39 bits per heavy atom. The third-order valence-electron chi connectivity index (χ3n) is 7.48. The van der Waals surface area contributed by atoms with Crippen molar-refractivity contribution in [2.45, 2.75) is 95.4 Å². The highest BCUT2D eigenvalue weighted by atomic mass is 32.2. The van der Waals surface area contributed by atoms with Gasteiger partial charge in [0.15, 0.2) is 0 Å². The molecule has 0 spiro atoms. The number of rotatable bonds is 7. The van der Waals surface area contributed by atoms with Crippen LogP contribution < -0.4 is 11.1 Å². The summed E-state index contributed by atoms with van der Waals surface area (Å²) in [6, 6.07) is 11.5. The molecule has 2 aromatic rings. The number of amides is 2. The van der Waals surface area contributed by atoms with Crippen molar-refractivity contribution in [3.8, 4) is 0 Å². The van der Waals surface area contributed by atoms with Crippen LogP contribution in [0.1, 0.15) is 75.8 Å². The van der Waals surface area contributed by atoms with Gasteiger partial charge in [-0.15, -0.1) is 0 Å². The molecule has 206 valence electrons. The third kappa shape index (κ3) is 5.65. The van der Waals surface area contributed by atoms with Gasteiger partial charge >= 0.3 is 0 Å². The number of hydrogen-bond donors (Lipinski definition) is 2. The highest BCUT2D eigenvalue weighted by Gasteiger charge is 2.52. The molecular formula is C29H40N4O4S. The maximum Gasteiger partial charge on any atom is 0.243 e. The number of fused-ring (bicyclic) bond motifs is 1. The average molecular weight is 541 g/mol. The fourth-order valence-corrected chi connectivity index (χ4v) is 7.33. The Hall–Kier alpha value is -2.75. The second-order valence-corrected chi connectivity index (χ2v) is 14.2. The molecule has 0 radical (unpaired) electrons. The van der Waals surface area contributed by atoms with Gasteiger partial charge < -0.3 is 16.0 Å². The predicted molar refractivity (Wildman–Crippen MR) is 148 cm³/mol. The van der Waals surface area contributed by atoms with E-state index in [1.54, 1.807) is 17.0 Å². The molecular weight excluding hydrogens is 500 g/mol. The first-order valence-electron chi connectivity index (χ1n) is 13.2. The van der Waals surface area contributed by atoms with E-state index in [2.05, 4.69) is 44.3 Å². The SMILES string of the molecule is Cc1ccc(S(=O)(=O)N2CC(C)(C)N([C@@H]3CCc4cc(CNC(C)(C)C)ccc43)C(=O)C2CC(N)=O)cc1. The molecule has 4 rings (SSSR count). The molecule has 0 saturated carbocycles. The number of carbonyl (C=O) groups excluding carboxylic acids is 2. The van der Waals surface area contributed by atoms with E-state index in [1.165, 1.54) is 27.6 Å². The molecule has 1 unspecified atom stereocenters. The summed E-state index contributed by atoms with van der Waals surface area (Å²) in [7, 11) is -4.04. The molecule has 0 aromatic heterocycles. The number of carbonyl (C=O) groups is 2. The van der Waals surface area contributed by atoms with Crippen molar-refractivity contribution in [2.24, 2.45) is 5.73 Å². The van der Waals surface area contributed by atoms with Gasteiger partial charge in [-0.3, -0.25) is 9.59 Å². The molecule has 2 aliphatic rings. The van der Waals surface area contributed by atoms with Crippen LogP contribution in [0.25, 0.3) is 0 Å². The van der Waals surface area contributed by atoms with Crippen LogP contribution in [0, 0.1) is 6.92 Å². The molecule has 1 aliphatic carbocycles. The van der Waals surface area contributed by atoms with Crippen LogP contribution in [0.3, 0.4) is 0 Å². The summed E-state index contributed by atoms with van der Waals surface area (Å²) in [5.74, 6) is -1.10. The third-order valence-corrected chi connectivity index (χ3v) is 9.34. The molecule has 38 heavy (non-hydrogen) atoms. The summed E-state index contributed by atoms with van der Waals surface area (Å²) in [5.41, 5.74) is 9.13. The van der Waals surface area contributed by atoms with Crippen molar-refractivity contribution in [2.75, 3.05) is 6.54 Å². The lowest BCUT2D eigenvalue weighted by molar-refractivity contribution is -0.153. The molecule has 8 nitrogen and oxygen atoms in total. The summed E-state index contributed by atoms with van der Waals surface area (Å²) in [6.07, 6.45) is 1.21. The highest BCUT2D eigenvalue weighted by Crippen LogP contribution is 2.43. The number of aryl methyl sites for hydroxylation is 2. The summed E-state index contributed by atoms with van der Waals surface area (Å²) in [6.45, 7) is 12.9. The Morgan fingerprint density at radius 2 is 1.79 bits per heavy atom. The molecule has 1 saturated heterocycles. The van der Waals surface area contributed by atoms with Gasteiger partial charge in [0.25, 0.3) is 0 Å². The van der Waals surface area contributed by atoms with Crippen LogP contribution in [-0.2, 0) is 32.6 Å². The second kappa shape index (κ2) is 10.1. The van der Waals surface area contributed by atoms with E-state index >= 15 is 0 Å². The average Bonchev–Trinajstić information content (AvgIpc) is 3.21. The number of piperazine rings is 1. The molecule has 9 heteroatoms. The summed E-state index contributed by atoms with van der Waals surface area (Å²) in [4.78, 5) is 28.0. The summed E-state index contributed by atoms with van der Waals surface area (Å²) in [5, 5.41) is 3.51. The smallest absolute Gasteiger partial charge is 0.243 e. The zero-order chi connectivity index (χ0) is 28.0. The Labute approximate surface area is 226 Å². The summed E-state index contributed by atoms with van der Waals surface area (Å²) < 4.78 is 28.6. The molecule has 2 atom stereocenters. The van der Waals surface area contributed by atoms with Crippen molar-refractivity contribution in [1.82, 2.24) is 14.5 Å². The van der Waals surface area contributed by atoms with Crippen LogP contribution >= 0.6 is 0 Å². The second-order valence-electron chi connectivity index (χ2n) is 12.3. The van der Waals surface area contributed by atoms with Gasteiger partial charge in [-0.05, 0) is 83.2 Å². The van der Waals surface area contributed by atoms with Gasteiger partial charge in [0, 0.05) is 18.6 Å². The zero-order valence-corrected chi connectivity index (χ0v) is 24.1. The van der Waals surface area contributed by atoms with Gasteiger partial charge in [0.05, 0.1) is 22.9 Å². The van der Waals surface area contributed by atoms with E-state index in [0.29, 0.717) is 0 Å². The lowest BCUT2D eigenvalue weighted by Crippen LogP contribution is -2.68. The first-order valence-corrected chi connectivity index (χ1v) is 14.6. The van der Waals surface area contributed by atoms with Crippen LogP contribution in [0.5, 0.6) is 0 Å². The quantitative estimate of drug-likeness (QED) is 0.559. The Kier molecular flexibility index (Phi) is 7.51. The predicted octanol–water partition coefficient (Wildman–Crippen LogP) is 3.43. The van der Waals surface area contributed by atoms with Crippen molar-refractivity contribution in [3.05, 3.63) is 64.7 Å². The van der Waals surface area contributed by atoms with E-state index in [-0.39, 0.29) is 35.3 Å². The first kappa shape index (κ1) is 28.3. The van der Waals surface area contributed by atoms with Gasteiger partial charge in [-0.1, -0.05) is 35.9 Å². The monoisotopic (exact) mass is 540 g/mol. The number of primary amides is 1. The first-order chi connectivity index (χ1) is 17.6. The molecule has 1 aliphatic heterocycles. The standard InChI is InChI=1S/C29H40N4O4S/c1-19-7-11-22(12-8-19)38(36,37)32-18-29(5,6)33(27(35)25(32)16-26(30)34)24-14-10-21-15-20(9-13-23(21)24)17-31-28(2,3)4/h7-9,11-13,15,24-25,31H,10,14,16-18H2,1-6H3,(H2,30,34)/t24-,25?/m1/s1. The largest absolute Gasteiger partial charge is 0.370 e. The van der Waals surface area contributed by atoms with E-state index in [9.17, 15) is 18.0 Å². The van der Waals surface area contributed by atoms with E-state index in [0.717, 1.165) is 30.5 Å². The van der Waals surface area contributed by atoms with Crippen molar-refractivity contribution >= 4 is 21.8 Å². The lowest BCUT2D eigenvalue weighted by Gasteiger charge is -2.52. The van der Waals surface area contributed by atoms with E-state index < -0.39 is 27.5 Å². The maximum atomic E-state index is 14.1. The molecule has 1 fully saturated rings. The zero-order valence-electron chi connectivity index (χ0n) is 23.2. The van der Waals surface area contributed by atoms with Gasteiger partial charge in [0.1, 0.15) is 6.04 Å². The molecule has 0 bridgehead atoms. The number of nitrogens with zero attached hydrogens (tertiary/aromatic N) is 2. The van der Waals surface area contributed by atoms with Gasteiger partial charge in [-0.25, -0.2) is 8.42 Å². The minimum Gasteiger partial charge on any atom is -0.370 e. The summed E-state index contributed by atoms with van der Waals surface area (Å²) >= 11 is 0. The minimum atomic E-state index is -4.04. The Bertz CT molecular complexity index is 1330. The number of benzene rings is 2. The van der Waals surface area contributed by atoms with Crippen molar-refractivity contribution < 1.29 is 18.0 Å². The van der Waals surface area contributed by atoms with Gasteiger partial charge in [0.2, 0.25) is 21.8 Å². The van der Waals surface area contributed by atoms with E-state index in [1.807, 2.05) is 20.8 Å². The molecule has 1 heterocycles. The fourth-order valence-electron chi connectivity index (χ4n) is 5.60. The topological polar surface area (TPSA) is 113 Å². The molecule has 2 amide bonds.